The first-order chi connectivity index (χ1) is 17.9. The predicted octanol–water partition coefficient (Wildman–Crippen LogP) is 2.11. The number of carboxylic acid groups (broad SMARTS) is 1. The Hall–Kier alpha value is -3.97. The average molecular weight is 533 g/mol. The number of ether oxygens (including phenoxy) is 2. The number of carboxylic acids is 1. The number of hydrogen-bond acceptors (Lipinski definition) is 8. The average Bonchev–Trinajstić information content (AvgIpc) is 3.48. The SMILES string of the molecule is CC[C@@]1(O)C(=O)OCc2c1cc1n(c2=O)Cc2c-1nc1cc3c(cc1c2CN)CCO3.O=C(O)C(F)(F)F. The highest BCUT2D eigenvalue weighted by atomic mass is 19.4. The van der Waals surface area contributed by atoms with Crippen LogP contribution in [0.3, 0.4) is 0 Å². The Morgan fingerprint density at radius 3 is 2.55 bits per heavy atom. The highest BCUT2D eigenvalue weighted by molar-refractivity contribution is 5.90. The van der Waals surface area contributed by atoms with Gasteiger partial charge in [0, 0.05) is 35.5 Å². The Kier molecular flexibility index (Phi) is 5.95. The summed E-state index contributed by atoms with van der Waals surface area (Å²) in [5, 5.41) is 19.1. The number of aliphatic carboxylic acids is 1. The Bertz CT molecular complexity index is 1580. The van der Waals surface area contributed by atoms with Crippen molar-refractivity contribution >= 4 is 22.8 Å². The Balaban J connectivity index is 0.000000374. The molecule has 1 atom stereocenters. The lowest BCUT2D eigenvalue weighted by atomic mass is 9.86. The molecular weight excluding hydrogens is 511 g/mol. The third kappa shape index (κ3) is 3.80. The highest BCUT2D eigenvalue weighted by Gasteiger charge is 2.45. The summed E-state index contributed by atoms with van der Waals surface area (Å²) in [5.74, 6) is -2.66. The molecule has 3 aliphatic rings. The maximum atomic E-state index is 13.3. The maximum absolute atomic E-state index is 13.3. The van der Waals surface area contributed by atoms with Crippen molar-refractivity contribution < 1.29 is 42.4 Å². The van der Waals surface area contributed by atoms with Crippen LogP contribution in [0.2, 0.25) is 0 Å². The Morgan fingerprint density at radius 1 is 1.21 bits per heavy atom. The van der Waals surface area contributed by atoms with Crippen LogP contribution in [0, 0.1) is 0 Å². The van der Waals surface area contributed by atoms with E-state index < -0.39 is 23.7 Å². The molecule has 10 nitrogen and oxygen atoms in total. The molecule has 200 valence electrons. The molecule has 0 spiro atoms. The number of nitrogens with zero attached hydrogens (tertiary/aromatic N) is 2. The smallest absolute Gasteiger partial charge is 0.490 e. The fourth-order valence-corrected chi connectivity index (χ4v) is 5.07. The van der Waals surface area contributed by atoms with Gasteiger partial charge in [0.05, 0.1) is 35.6 Å². The molecule has 3 aliphatic heterocycles. The minimum absolute atomic E-state index is 0.108. The largest absolute Gasteiger partial charge is 0.493 e. The van der Waals surface area contributed by atoms with Gasteiger partial charge >= 0.3 is 18.1 Å². The molecule has 0 saturated heterocycles. The number of halogens is 3. The number of carbonyl (C=O) groups excluding carboxylic acids is 1. The van der Waals surface area contributed by atoms with Crippen LogP contribution in [0.5, 0.6) is 5.75 Å². The van der Waals surface area contributed by atoms with E-state index in [2.05, 4.69) is 6.07 Å². The van der Waals surface area contributed by atoms with Gasteiger partial charge in [-0.05, 0) is 29.7 Å². The van der Waals surface area contributed by atoms with Gasteiger partial charge < -0.3 is 30.0 Å². The molecule has 0 aliphatic carbocycles. The second-order valence-corrected chi connectivity index (χ2v) is 9.10. The number of alkyl halides is 3. The second kappa shape index (κ2) is 8.81. The van der Waals surface area contributed by atoms with E-state index in [1.165, 1.54) is 0 Å². The van der Waals surface area contributed by atoms with Crippen LogP contribution in [0.15, 0.2) is 23.0 Å². The maximum Gasteiger partial charge on any atom is 0.490 e. The van der Waals surface area contributed by atoms with Crippen LogP contribution >= 0.6 is 0 Å². The standard InChI is InChI=1S/C23H21N3O5.C2HF3O2/c1-2-23(29)16-6-18-20-14(9-26(18)21(27)15(16)10-31-22(23)28)13(8-24)12-5-11-3-4-30-19(11)7-17(12)25-20;3-2(4,5)1(6)7/h5-7,29H,2-4,8-10,24H2,1H3;(H,6,7)/t23-;/m0./s1. The number of esters is 1. The molecule has 5 heterocycles. The van der Waals surface area contributed by atoms with E-state index in [9.17, 15) is 27.9 Å². The molecule has 2 aromatic heterocycles. The van der Waals surface area contributed by atoms with Crippen molar-refractivity contribution in [3.05, 3.63) is 56.4 Å². The third-order valence-electron chi connectivity index (χ3n) is 7.06. The summed E-state index contributed by atoms with van der Waals surface area (Å²) >= 11 is 0. The van der Waals surface area contributed by atoms with Crippen molar-refractivity contribution in [2.45, 2.75) is 51.2 Å². The fourth-order valence-electron chi connectivity index (χ4n) is 5.07. The first kappa shape index (κ1) is 25.7. The lowest BCUT2D eigenvalue weighted by molar-refractivity contribution is -0.192. The third-order valence-corrected chi connectivity index (χ3v) is 7.06. The normalized spacial score (nSPS) is 18.9. The van der Waals surface area contributed by atoms with E-state index in [-0.39, 0.29) is 18.6 Å². The molecule has 3 aromatic rings. The minimum Gasteiger partial charge on any atom is -0.493 e. The summed E-state index contributed by atoms with van der Waals surface area (Å²) in [5.41, 5.74) is 9.65. The Morgan fingerprint density at radius 2 is 1.92 bits per heavy atom. The van der Waals surface area contributed by atoms with Gasteiger partial charge in [-0.15, -0.1) is 0 Å². The molecule has 0 amide bonds. The minimum atomic E-state index is -5.08. The van der Waals surface area contributed by atoms with Crippen LogP contribution in [0.25, 0.3) is 22.3 Å². The predicted molar refractivity (Wildman–Crippen MR) is 125 cm³/mol. The number of carbonyl (C=O) groups is 2. The van der Waals surface area contributed by atoms with E-state index in [1.54, 1.807) is 17.6 Å². The van der Waals surface area contributed by atoms with Gasteiger partial charge in [0.1, 0.15) is 12.4 Å². The van der Waals surface area contributed by atoms with Crippen molar-refractivity contribution in [1.29, 1.82) is 0 Å². The van der Waals surface area contributed by atoms with Crippen molar-refractivity contribution in [2.75, 3.05) is 6.61 Å². The van der Waals surface area contributed by atoms with Gasteiger partial charge in [0.15, 0.2) is 5.60 Å². The zero-order chi connectivity index (χ0) is 27.6. The summed E-state index contributed by atoms with van der Waals surface area (Å²) in [6.07, 6.45) is -4.13. The highest BCUT2D eigenvalue weighted by Crippen LogP contribution is 2.41. The van der Waals surface area contributed by atoms with Crippen LogP contribution < -0.4 is 16.0 Å². The van der Waals surface area contributed by atoms with E-state index >= 15 is 0 Å². The van der Waals surface area contributed by atoms with E-state index in [0.717, 1.165) is 39.8 Å². The number of rotatable bonds is 2. The van der Waals surface area contributed by atoms with Crippen molar-refractivity contribution in [3.8, 4) is 17.1 Å². The molecule has 1 aromatic carbocycles. The molecule has 0 fully saturated rings. The quantitative estimate of drug-likeness (QED) is 0.329. The van der Waals surface area contributed by atoms with Crippen LogP contribution in [0.4, 0.5) is 13.2 Å². The molecule has 0 unspecified atom stereocenters. The van der Waals surface area contributed by atoms with Crippen LogP contribution in [-0.2, 0) is 46.0 Å². The van der Waals surface area contributed by atoms with Gasteiger partial charge in [0.25, 0.3) is 5.56 Å². The number of cyclic esters (lactones) is 1. The monoisotopic (exact) mass is 533 g/mol. The molecular formula is C25H22F3N3O7. The van der Waals surface area contributed by atoms with Crippen molar-refractivity contribution in [1.82, 2.24) is 9.55 Å². The summed E-state index contributed by atoms with van der Waals surface area (Å²) in [6.45, 7) is 2.85. The lowest BCUT2D eigenvalue weighted by Gasteiger charge is -2.31. The van der Waals surface area contributed by atoms with Gasteiger partial charge in [-0.3, -0.25) is 4.79 Å². The number of hydrogen-bond donors (Lipinski definition) is 3. The van der Waals surface area contributed by atoms with Gasteiger partial charge in [-0.25, -0.2) is 14.6 Å². The number of aromatic nitrogens is 2. The first-order valence-corrected chi connectivity index (χ1v) is 11.7. The van der Waals surface area contributed by atoms with Crippen molar-refractivity contribution in [3.63, 3.8) is 0 Å². The van der Waals surface area contributed by atoms with E-state index in [1.807, 2.05) is 6.07 Å². The number of aliphatic hydroxyl groups is 1. The molecule has 0 saturated carbocycles. The molecule has 0 bridgehead atoms. The van der Waals surface area contributed by atoms with Crippen LogP contribution in [-0.4, -0.2) is 44.5 Å². The Labute approximate surface area is 212 Å². The van der Waals surface area contributed by atoms with Crippen molar-refractivity contribution in [2.24, 2.45) is 5.73 Å². The summed E-state index contributed by atoms with van der Waals surface area (Å²) in [4.78, 5) is 39.4. The zero-order valence-electron chi connectivity index (χ0n) is 20.0. The molecule has 0 radical (unpaired) electrons. The lowest BCUT2D eigenvalue weighted by Crippen LogP contribution is -2.44. The van der Waals surface area contributed by atoms with Gasteiger partial charge in [-0.1, -0.05) is 6.92 Å². The van der Waals surface area contributed by atoms with Gasteiger partial charge in [-0.2, -0.15) is 13.2 Å². The summed E-state index contributed by atoms with van der Waals surface area (Å²) in [6, 6.07) is 5.73. The number of fused-ring (bicyclic) bond motifs is 6. The van der Waals surface area contributed by atoms with E-state index in [0.29, 0.717) is 42.2 Å². The zero-order valence-corrected chi connectivity index (χ0v) is 20.0. The second-order valence-electron chi connectivity index (χ2n) is 9.10. The van der Waals surface area contributed by atoms with Gasteiger partial charge in [0.2, 0.25) is 0 Å². The molecule has 4 N–H and O–H groups in total. The molecule has 13 heteroatoms. The van der Waals surface area contributed by atoms with Crippen LogP contribution in [0.1, 0.15) is 41.2 Å². The molecule has 38 heavy (non-hydrogen) atoms. The summed E-state index contributed by atoms with van der Waals surface area (Å²) < 4.78 is 44.2. The number of benzene rings is 1. The molecule has 6 rings (SSSR count). The topological polar surface area (TPSA) is 154 Å². The number of nitrogens with two attached hydrogens (primary N) is 1. The number of pyridine rings is 2. The first-order valence-electron chi connectivity index (χ1n) is 11.7. The van der Waals surface area contributed by atoms with E-state index in [4.69, 9.17) is 30.1 Å². The fraction of sp³-hybridized carbons (Fsp3) is 0.360. The summed E-state index contributed by atoms with van der Waals surface area (Å²) in [7, 11) is 0.